The van der Waals surface area contributed by atoms with E-state index in [0.29, 0.717) is 20.8 Å². The van der Waals surface area contributed by atoms with Gasteiger partial charge >= 0.3 is 0 Å². The maximum Gasteiger partial charge on any atom is 0.175 e. The summed E-state index contributed by atoms with van der Waals surface area (Å²) >= 11 is 17.1. The van der Waals surface area contributed by atoms with E-state index in [0.717, 1.165) is 5.69 Å². The van der Waals surface area contributed by atoms with Crippen LogP contribution in [0.1, 0.15) is 0 Å². The molecule has 1 heterocycles. The van der Waals surface area contributed by atoms with E-state index in [1.165, 1.54) is 0 Å². The van der Waals surface area contributed by atoms with Gasteiger partial charge in [0.1, 0.15) is 0 Å². The Hall–Kier alpha value is -1.36. The molecule has 6 heteroatoms. The van der Waals surface area contributed by atoms with Gasteiger partial charge in [0.2, 0.25) is 0 Å². The van der Waals surface area contributed by atoms with E-state index < -0.39 is 0 Å². The Morgan fingerprint density at radius 2 is 1.78 bits per heavy atom. The molecule has 0 fully saturated rings. The first-order valence-electron chi connectivity index (χ1n) is 5.09. The van der Waals surface area contributed by atoms with Crippen LogP contribution in [0.15, 0.2) is 42.7 Å². The van der Waals surface area contributed by atoms with Crippen LogP contribution in [0.2, 0.25) is 10.0 Å². The molecule has 1 aromatic heterocycles. The molecule has 2 rings (SSSR count). The Labute approximate surface area is 120 Å². The zero-order valence-electron chi connectivity index (χ0n) is 9.15. The zero-order chi connectivity index (χ0) is 13.0. The molecular formula is C12H9Cl2N3S. The summed E-state index contributed by atoms with van der Waals surface area (Å²) in [6, 6.07) is 8.94. The number of benzene rings is 1. The van der Waals surface area contributed by atoms with Crippen LogP contribution in [0, 0.1) is 0 Å². The fourth-order valence-corrected chi connectivity index (χ4v) is 1.90. The number of pyridine rings is 1. The van der Waals surface area contributed by atoms with E-state index in [1.807, 2.05) is 12.1 Å². The molecule has 3 nitrogen and oxygen atoms in total. The van der Waals surface area contributed by atoms with Crippen molar-refractivity contribution in [2.75, 3.05) is 10.6 Å². The minimum atomic E-state index is 0.436. The molecule has 0 spiro atoms. The fraction of sp³-hybridized carbons (Fsp3) is 0. The summed E-state index contributed by atoms with van der Waals surface area (Å²) in [6.07, 6.45) is 3.36. The maximum atomic E-state index is 6.05. The van der Waals surface area contributed by atoms with Gasteiger partial charge in [-0.2, -0.15) is 0 Å². The van der Waals surface area contributed by atoms with Gasteiger partial charge in [-0.25, -0.2) is 0 Å². The van der Waals surface area contributed by atoms with Crippen LogP contribution < -0.4 is 10.6 Å². The summed E-state index contributed by atoms with van der Waals surface area (Å²) < 4.78 is 0. The van der Waals surface area contributed by atoms with Gasteiger partial charge in [-0.1, -0.05) is 29.3 Å². The first kappa shape index (κ1) is 13.1. The van der Waals surface area contributed by atoms with Crippen LogP contribution in [0.25, 0.3) is 0 Å². The molecule has 0 atom stereocenters. The minimum absolute atomic E-state index is 0.436. The first-order valence-corrected chi connectivity index (χ1v) is 6.25. The monoisotopic (exact) mass is 297 g/mol. The van der Waals surface area contributed by atoms with Crippen molar-refractivity contribution in [1.29, 1.82) is 0 Å². The van der Waals surface area contributed by atoms with Crippen molar-refractivity contribution in [3.05, 3.63) is 52.8 Å². The van der Waals surface area contributed by atoms with Gasteiger partial charge in [-0.3, -0.25) is 4.98 Å². The maximum absolute atomic E-state index is 6.05. The number of nitrogens with zero attached hydrogens (tertiary/aromatic N) is 1. The average molecular weight is 298 g/mol. The largest absolute Gasteiger partial charge is 0.332 e. The second kappa shape index (κ2) is 6.00. The zero-order valence-corrected chi connectivity index (χ0v) is 11.5. The first-order chi connectivity index (χ1) is 8.66. The van der Waals surface area contributed by atoms with Crippen molar-refractivity contribution in [2.45, 2.75) is 0 Å². The molecule has 0 aliphatic carbocycles. The van der Waals surface area contributed by atoms with E-state index in [2.05, 4.69) is 15.6 Å². The van der Waals surface area contributed by atoms with Crippen LogP contribution in [0.4, 0.5) is 11.4 Å². The van der Waals surface area contributed by atoms with Crippen LogP contribution in [0.5, 0.6) is 0 Å². The highest BCUT2D eigenvalue weighted by atomic mass is 35.5. The van der Waals surface area contributed by atoms with Gasteiger partial charge in [-0.05, 0) is 36.5 Å². The third-order valence-electron chi connectivity index (χ3n) is 2.14. The standard InChI is InChI=1S/C12H9Cl2N3S/c13-9-2-1-3-10(11(9)14)17-12(18)16-8-4-6-15-7-5-8/h1-7H,(H2,15,16,17,18). The topological polar surface area (TPSA) is 37.0 Å². The predicted octanol–water partition coefficient (Wildman–Crippen LogP) is 4.20. The smallest absolute Gasteiger partial charge is 0.175 e. The van der Waals surface area contributed by atoms with Crippen LogP contribution in [-0.4, -0.2) is 10.1 Å². The highest BCUT2D eigenvalue weighted by molar-refractivity contribution is 7.80. The van der Waals surface area contributed by atoms with Gasteiger partial charge in [0, 0.05) is 18.1 Å². The van der Waals surface area contributed by atoms with E-state index in [-0.39, 0.29) is 0 Å². The second-order valence-corrected chi connectivity index (χ2v) is 4.61. The Kier molecular flexibility index (Phi) is 4.36. The molecule has 92 valence electrons. The van der Waals surface area contributed by atoms with E-state index >= 15 is 0 Å². The predicted molar refractivity (Wildman–Crippen MR) is 80.5 cm³/mol. The number of hydrogen-bond donors (Lipinski definition) is 2. The van der Waals surface area contributed by atoms with Crippen molar-refractivity contribution in [2.24, 2.45) is 0 Å². The van der Waals surface area contributed by atoms with Crippen molar-refractivity contribution in [3.8, 4) is 0 Å². The number of hydrogen-bond acceptors (Lipinski definition) is 2. The molecule has 2 aromatic rings. The third kappa shape index (κ3) is 3.32. The fourth-order valence-electron chi connectivity index (χ4n) is 1.32. The minimum Gasteiger partial charge on any atom is -0.332 e. The number of aromatic nitrogens is 1. The summed E-state index contributed by atoms with van der Waals surface area (Å²) in [7, 11) is 0. The van der Waals surface area contributed by atoms with Gasteiger partial charge in [0.05, 0.1) is 15.7 Å². The molecular weight excluding hydrogens is 289 g/mol. The number of anilines is 2. The van der Waals surface area contributed by atoms with Crippen LogP contribution >= 0.6 is 35.4 Å². The third-order valence-corrected chi connectivity index (χ3v) is 3.16. The van der Waals surface area contributed by atoms with Crippen LogP contribution in [0.3, 0.4) is 0 Å². The summed E-state index contributed by atoms with van der Waals surface area (Å²) in [6.45, 7) is 0. The highest BCUT2D eigenvalue weighted by Crippen LogP contribution is 2.29. The molecule has 0 radical (unpaired) electrons. The van der Waals surface area contributed by atoms with Crippen LogP contribution in [-0.2, 0) is 0 Å². The number of halogens is 2. The quantitative estimate of drug-likeness (QED) is 0.815. The molecule has 0 aliphatic heterocycles. The van der Waals surface area contributed by atoms with Crippen molar-refractivity contribution < 1.29 is 0 Å². The summed E-state index contributed by atoms with van der Waals surface area (Å²) in [5.41, 5.74) is 1.51. The Balaban J connectivity index is 2.06. The van der Waals surface area contributed by atoms with E-state index in [9.17, 15) is 0 Å². The molecule has 2 N–H and O–H groups in total. The van der Waals surface area contributed by atoms with Crippen molar-refractivity contribution >= 4 is 51.9 Å². The molecule has 1 aromatic carbocycles. The van der Waals surface area contributed by atoms with Crippen molar-refractivity contribution in [3.63, 3.8) is 0 Å². The molecule has 0 saturated carbocycles. The Morgan fingerprint density at radius 3 is 2.50 bits per heavy atom. The van der Waals surface area contributed by atoms with Crippen molar-refractivity contribution in [1.82, 2.24) is 4.98 Å². The van der Waals surface area contributed by atoms with E-state index in [4.69, 9.17) is 35.4 Å². The average Bonchev–Trinajstić information content (AvgIpc) is 2.36. The lowest BCUT2D eigenvalue weighted by atomic mass is 10.3. The SMILES string of the molecule is S=C(Nc1ccncc1)Nc1cccc(Cl)c1Cl. The van der Waals surface area contributed by atoms with Gasteiger partial charge in [-0.15, -0.1) is 0 Å². The Bertz CT molecular complexity index is 561. The lowest BCUT2D eigenvalue weighted by molar-refractivity contribution is 1.33. The molecule has 0 aliphatic rings. The summed E-state index contributed by atoms with van der Waals surface area (Å²) in [4.78, 5) is 3.92. The van der Waals surface area contributed by atoms with E-state index in [1.54, 1.807) is 30.6 Å². The van der Waals surface area contributed by atoms with Gasteiger partial charge in [0.15, 0.2) is 5.11 Å². The Morgan fingerprint density at radius 1 is 1.06 bits per heavy atom. The normalized spacial score (nSPS) is 9.89. The number of rotatable bonds is 2. The molecule has 0 unspecified atom stereocenters. The van der Waals surface area contributed by atoms with Gasteiger partial charge < -0.3 is 10.6 Å². The lowest BCUT2D eigenvalue weighted by Gasteiger charge is -2.12. The lowest BCUT2D eigenvalue weighted by Crippen LogP contribution is -2.19. The molecule has 0 bridgehead atoms. The second-order valence-electron chi connectivity index (χ2n) is 3.42. The molecule has 0 amide bonds. The molecule has 0 saturated heterocycles. The number of thiocarbonyl (C=S) groups is 1. The summed E-state index contributed by atoms with van der Waals surface area (Å²) in [5.74, 6) is 0. The summed E-state index contributed by atoms with van der Waals surface area (Å²) in [5, 5.41) is 7.36. The highest BCUT2D eigenvalue weighted by Gasteiger charge is 2.05. The van der Waals surface area contributed by atoms with Gasteiger partial charge in [0.25, 0.3) is 0 Å². The molecule has 18 heavy (non-hydrogen) atoms. The number of nitrogens with one attached hydrogen (secondary N) is 2.